The molecular weight excluding hydrogens is 182 g/mol. The van der Waals surface area contributed by atoms with Crippen molar-refractivity contribution in [2.75, 3.05) is 32.9 Å². The number of hydrogen-bond acceptors (Lipinski definition) is 4. The fraction of sp³-hybridized carbons (Fsp3) is 0.900. The lowest BCUT2D eigenvalue weighted by Crippen LogP contribution is -2.28. The molecular formula is C10H21NO3. The van der Waals surface area contributed by atoms with Gasteiger partial charge in [0.1, 0.15) is 0 Å². The molecule has 14 heavy (non-hydrogen) atoms. The van der Waals surface area contributed by atoms with Gasteiger partial charge in [-0.25, -0.2) is 0 Å². The molecule has 0 heterocycles. The van der Waals surface area contributed by atoms with Crippen molar-refractivity contribution < 1.29 is 14.3 Å². The van der Waals surface area contributed by atoms with Gasteiger partial charge in [-0.15, -0.1) is 0 Å². The first-order valence-corrected chi connectivity index (χ1v) is 5.25. The normalized spacial score (nSPS) is 10.1. The third-order valence-electron chi connectivity index (χ3n) is 1.66. The molecule has 0 unspecified atom stereocenters. The maximum atomic E-state index is 11.0. The highest BCUT2D eigenvalue weighted by Crippen LogP contribution is 1.87. The highest BCUT2D eigenvalue weighted by Gasteiger charge is 2.00. The molecule has 0 aliphatic carbocycles. The summed E-state index contributed by atoms with van der Waals surface area (Å²) in [5, 5.41) is 2.95. The molecule has 1 N–H and O–H groups in total. The van der Waals surface area contributed by atoms with Crippen LogP contribution in [0.3, 0.4) is 0 Å². The SMILES string of the molecule is CCCCOC(=O)CNCCOCC. The number of nitrogens with one attached hydrogen (secondary N) is 1. The monoisotopic (exact) mass is 203 g/mol. The second-order valence-electron chi connectivity index (χ2n) is 2.95. The molecule has 4 nitrogen and oxygen atoms in total. The maximum absolute atomic E-state index is 11.0. The largest absolute Gasteiger partial charge is 0.465 e. The summed E-state index contributed by atoms with van der Waals surface area (Å²) in [7, 11) is 0. The smallest absolute Gasteiger partial charge is 0.319 e. The van der Waals surface area contributed by atoms with Gasteiger partial charge in [-0.2, -0.15) is 0 Å². The topological polar surface area (TPSA) is 47.6 Å². The van der Waals surface area contributed by atoms with E-state index in [2.05, 4.69) is 12.2 Å². The van der Waals surface area contributed by atoms with Crippen molar-refractivity contribution in [3.8, 4) is 0 Å². The summed E-state index contributed by atoms with van der Waals surface area (Å²) in [4.78, 5) is 11.0. The van der Waals surface area contributed by atoms with Crippen LogP contribution in [0.4, 0.5) is 0 Å². The van der Waals surface area contributed by atoms with Gasteiger partial charge in [0, 0.05) is 13.2 Å². The van der Waals surface area contributed by atoms with Crippen molar-refractivity contribution >= 4 is 5.97 Å². The molecule has 0 aliphatic heterocycles. The van der Waals surface area contributed by atoms with E-state index in [1.54, 1.807) is 0 Å². The van der Waals surface area contributed by atoms with Gasteiger partial charge < -0.3 is 14.8 Å². The summed E-state index contributed by atoms with van der Waals surface area (Å²) in [6.45, 7) is 6.85. The molecule has 0 rings (SSSR count). The Morgan fingerprint density at radius 3 is 2.71 bits per heavy atom. The zero-order valence-corrected chi connectivity index (χ0v) is 9.17. The van der Waals surface area contributed by atoms with Crippen LogP contribution in [0.25, 0.3) is 0 Å². The summed E-state index contributed by atoms with van der Waals surface area (Å²) in [5.74, 6) is -0.185. The van der Waals surface area contributed by atoms with E-state index < -0.39 is 0 Å². The van der Waals surface area contributed by atoms with E-state index in [4.69, 9.17) is 9.47 Å². The second kappa shape index (κ2) is 10.5. The lowest BCUT2D eigenvalue weighted by molar-refractivity contribution is -0.142. The van der Waals surface area contributed by atoms with Crippen LogP contribution < -0.4 is 5.32 Å². The Balaban J connectivity index is 3.10. The van der Waals surface area contributed by atoms with E-state index in [9.17, 15) is 4.79 Å². The van der Waals surface area contributed by atoms with Gasteiger partial charge >= 0.3 is 5.97 Å². The lowest BCUT2D eigenvalue weighted by atomic mass is 10.4. The molecule has 0 saturated heterocycles. The van der Waals surface area contributed by atoms with Crippen LogP contribution in [-0.2, 0) is 14.3 Å². The molecule has 0 aromatic rings. The van der Waals surface area contributed by atoms with E-state index in [1.807, 2.05) is 6.92 Å². The maximum Gasteiger partial charge on any atom is 0.319 e. The number of esters is 1. The van der Waals surface area contributed by atoms with E-state index >= 15 is 0 Å². The Hall–Kier alpha value is -0.610. The molecule has 0 aliphatic rings. The van der Waals surface area contributed by atoms with E-state index in [0.29, 0.717) is 26.4 Å². The Morgan fingerprint density at radius 2 is 2.07 bits per heavy atom. The van der Waals surface area contributed by atoms with Gasteiger partial charge in [-0.3, -0.25) is 4.79 Å². The van der Waals surface area contributed by atoms with E-state index in [1.165, 1.54) is 0 Å². The summed E-state index contributed by atoms with van der Waals surface area (Å²) < 4.78 is 10.0. The van der Waals surface area contributed by atoms with Crippen molar-refractivity contribution in [3.05, 3.63) is 0 Å². The van der Waals surface area contributed by atoms with Crippen molar-refractivity contribution in [2.24, 2.45) is 0 Å². The summed E-state index contributed by atoms with van der Waals surface area (Å²) in [6.07, 6.45) is 1.98. The number of carbonyl (C=O) groups excluding carboxylic acids is 1. The molecule has 0 spiro atoms. The Labute approximate surface area is 86.0 Å². The van der Waals surface area contributed by atoms with E-state index in [-0.39, 0.29) is 12.5 Å². The second-order valence-corrected chi connectivity index (χ2v) is 2.95. The molecule has 0 fully saturated rings. The minimum atomic E-state index is -0.185. The number of hydrogen-bond donors (Lipinski definition) is 1. The molecule has 0 saturated carbocycles. The van der Waals surface area contributed by atoms with Crippen LogP contribution in [0.2, 0.25) is 0 Å². The fourth-order valence-electron chi connectivity index (χ4n) is 0.860. The minimum Gasteiger partial charge on any atom is -0.465 e. The molecule has 0 aromatic carbocycles. The number of ether oxygens (including phenoxy) is 2. The van der Waals surface area contributed by atoms with Crippen molar-refractivity contribution in [1.29, 1.82) is 0 Å². The quantitative estimate of drug-likeness (QED) is 0.448. The minimum absolute atomic E-state index is 0.185. The average molecular weight is 203 g/mol. The third-order valence-corrected chi connectivity index (χ3v) is 1.66. The van der Waals surface area contributed by atoms with Crippen molar-refractivity contribution in [3.63, 3.8) is 0 Å². The highest BCUT2D eigenvalue weighted by molar-refractivity contribution is 5.71. The highest BCUT2D eigenvalue weighted by atomic mass is 16.5. The van der Waals surface area contributed by atoms with Crippen LogP contribution in [0.5, 0.6) is 0 Å². The standard InChI is InChI=1S/C10H21NO3/c1-3-5-7-14-10(12)9-11-6-8-13-4-2/h11H,3-9H2,1-2H3. The van der Waals surface area contributed by atoms with Gasteiger partial charge in [0.15, 0.2) is 0 Å². The van der Waals surface area contributed by atoms with E-state index in [0.717, 1.165) is 12.8 Å². The molecule has 0 aromatic heterocycles. The fourth-order valence-corrected chi connectivity index (χ4v) is 0.860. The Kier molecular flexibility index (Phi) is 10.0. The summed E-state index contributed by atoms with van der Waals surface area (Å²) in [5.41, 5.74) is 0. The van der Waals surface area contributed by atoms with Crippen LogP contribution in [-0.4, -0.2) is 38.9 Å². The van der Waals surface area contributed by atoms with Crippen molar-refractivity contribution in [2.45, 2.75) is 26.7 Å². The first-order valence-electron chi connectivity index (χ1n) is 5.25. The van der Waals surface area contributed by atoms with Crippen LogP contribution in [0.1, 0.15) is 26.7 Å². The average Bonchev–Trinajstić information content (AvgIpc) is 2.18. The number of rotatable bonds is 9. The van der Waals surface area contributed by atoms with Crippen LogP contribution in [0.15, 0.2) is 0 Å². The molecule has 0 radical (unpaired) electrons. The zero-order chi connectivity index (χ0) is 10.6. The van der Waals surface area contributed by atoms with Gasteiger partial charge in [0.25, 0.3) is 0 Å². The number of carbonyl (C=O) groups is 1. The zero-order valence-electron chi connectivity index (χ0n) is 9.17. The summed E-state index contributed by atoms with van der Waals surface area (Å²) >= 11 is 0. The van der Waals surface area contributed by atoms with Gasteiger partial charge in [0.2, 0.25) is 0 Å². The third kappa shape index (κ3) is 9.48. The Bertz CT molecular complexity index is 139. The van der Waals surface area contributed by atoms with Crippen molar-refractivity contribution in [1.82, 2.24) is 5.32 Å². The van der Waals surface area contributed by atoms with Crippen LogP contribution >= 0.6 is 0 Å². The summed E-state index contributed by atoms with van der Waals surface area (Å²) in [6, 6.07) is 0. The van der Waals surface area contributed by atoms with Gasteiger partial charge in [0.05, 0.1) is 19.8 Å². The predicted molar refractivity (Wildman–Crippen MR) is 55.2 cm³/mol. The first-order chi connectivity index (χ1) is 6.81. The molecule has 84 valence electrons. The molecule has 0 bridgehead atoms. The van der Waals surface area contributed by atoms with Gasteiger partial charge in [-0.05, 0) is 13.3 Å². The first kappa shape index (κ1) is 13.4. The van der Waals surface area contributed by atoms with Crippen LogP contribution in [0, 0.1) is 0 Å². The molecule has 0 atom stereocenters. The predicted octanol–water partition coefficient (Wildman–Crippen LogP) is 0.956. The lowest BCUT2D eigenvalue weighted by Gasteiger charge is -2.05. The Morgan fingerprint density at radius 1 is 1.29 bits per heavy atom. The van der Waals surface area contributed by atoms with Gasteiger partial charge in [-0.1, -0.05) is 13.3 Å². The number of unbranched alkanes of at least 4 members (excludes halogenated alkanes) is 1. The molecule has 4 heteroatoms. The molecule has 0 amide bonds.